The van der Waals surface area contributed by atoms with Gasteiger partial charge in [-0.05, 0) is 24.3 Å². The predicted molar refractivity (Wildman–Crippen MR) is 122 cm³/mol. The highest BCUT2D eigenvalue weighted by Crippen LogP contribution is 2.29. The Kier molecular flexibility index (Phi) is 7.68. The summed E-state index contributed by atoms with van der Waals surface area (Å²) in [6.07, 6.45) is 0. The van der Waals surface area contributed by atoms with Crippen LogP contribution in [-0.4, -0.2) is 58.0 Å². The molecular weight excluding hydrogens is 476 g/mol. The standard InChI is InChI=1S/C19H21ClN6O6S/c20-16-10-13(4-5-17(16)25-9-8-21-18(27)12-25)24-19(28)22-6-7-23-33(31,32)15-3-1-2-14(11-15)26(29)30/h1-5,10-11,23H,6-9,12H2,(H,21,27)(H2,22,24,28). The molecule has 0 saturated carbocycles. The van der Waals surface area contributed by atoms with Crippen LogP contribution in [0.15, 0.2) is 47.4 Å². The number of halogens is 1. The number of urea groups is 1. The van der Waals surface area contributed by atoms with Gasteiger partial charge in [0.25, 0.3) is 5.69 Å². The first kappa shape index (κ1) is 24.2. The molecule has 14 heteroatoms. The monoisotopic (exact) mass is 496 g/mol. The molecule has 176 valence electrons. The lowest BCUT2D eigenvalue weighted by Gasteiger charge is -2.29. The molecule has 3 amide bonds. The van der Waals surface area contributed by atoms with Crippen LogP contribution in [0.3, 0.4) is 0 Å². The summed E-state index contributed by atoms with van der Waals surface area (Å²) in [5.41, 5.74) is 0.747. The molecule has 33 heavy (non-hydrogen) atoms. The molecule has 0 spiro atoms. The number of hydrogen-bond donors (Lipinski definition) is 4. The van der Waals surface area contributed by atoms with Gasteiger partial charge in [-0.2, -0.15) is 0 Å². The van der Waals surface area contributed by atoms with Crippen molar-refractivity contribution in [3.63, 3.8) is 0 Å². The number of hydrogen-bond acceptors (Lipinski definition) is 7. The number of amides is 3. The summed E-state index contributed by atoms with van der Waals surface area (Å²) in [6.45, 7) is 1.16. The highest BCUT2D eigenvalue weighted by atomic mass is 35.5. The molecule has 1 saturated heterocycles. The maximum absolute atomic E-state index is 12.3. The van der Waals surface area contributed by atoms with E-state index in [1.165, 1.54) is 18.2 Å². The molecule has 0 radical (unpaired) electrons. The number of nitro groups is 1. The summed E-state index contributed by atoms with van der Waals surface area (Å²) in [4.78, 5) is 35.3. The molecule has 12 nitrogen and oxygen atoms in total. The number of rotatable bonds is 8. The summed E-state index contributed by atoms with van der Waals surface area (Å²) in [7, 11) is -3.97. The average Bonchev–Trinajstić information content (AvgIpc) is 2.77. The number of nitrogens with zero attached hydrogens (tertiary/aromatic N) is 2. The minimum absolute atomic E-state index is 0.0330. The smallest absolute Gasteiger partial charge is 0.319 e. The van der Waals surface area contributed by atoms with Gasteiger partial charge in [0.2, 0.25) is 15.9 Å². The third kappa shape index (κ3) is 6.54. The maximum Gasteiger partial charge on any atom is 0.319 e. The Morgan fingerprint density at radius 3 is 2.70 bits per heavy atom. The van der Waals surface area contributed by atoms with Crippen molar-refractivity contribution < 1.29 is 22.9 Å². The molecule has 4 N–H and O–H groups in total. The first-order valence-corrected chi connectivity index (χ1v) is 11.6. The summed E-state index contributed by atoms with van der Waals surface area (Å²) in [6, 6.07) is 8.95. The zero-order valence-corrected chi connectivity index (χ0v) is 18.8. The fourth-order valence-corrected chi connectivity index (χ4v) is 4.44. The van der Waals surface area contributed by atoms with Gasteiger partial charge in [-0.15, -0.1) is 0 Å². The molecule has 0 aliphatic carbocycles. The van der Waals surface area contributed by atoms with Crippen LogP contribution in [0.25, 0.3) is 0 Å². The molecule has 0 unspecified atom stereocenters. The van der Waals surface area contributed by atoms with Crippen molar-refractivity contribution in [1.29, 1.82) is 0 Å². The number of nitrogens with one attached hydrogen (secondary N) is 4. The molecule has 1 aliphatic rings. The number of piperazine rings is 1. The van der Waals surface area contributed by atoms with Crippen LogP contribution in [0.1, 0.15) is 0 Å². The Morgan fingerprint density at radius 1 is 1.21 bits per heavy atom. The van der Waals surface area contributed by atoms with Gasteiger partial charge in [-0.25, -0.2) is 17.9 Å². The fourth-order valence-electron chi connectivity index (χ4n) is 3.07. The first-order valence-electron chi connectivity index (χ1n) is 9.76. The second-order valence-corrected chi connectivity index (χ2v) is 9.14. The van der Waals surface area contributed by atoms with Crippen molar-refractivity contribution >= 4 is 50.6 Å². The van der Waals surface area contributed by atoms with Gasteiger partial charge >= 0.3 is 6.03 Å². The Bertz CT molecular complexity index is 1180. The number of anilines is 2. The van der Waals surface area contributed by atoms with Crippen LogP contribution in [0, 0.1) is 10.1 Å². The lowest BCUT2D eigenvalue weighted by Crippen LogP contribution is -2.47. The molecule has 1 fully saturated rings. The number of carbonyl (C=O) groups is 2. The second-order valence-electron chi connectivity index (χ2n) is 6.97. The first-order chi connectivity index (χ1) is 15.7. The van der Waals surface area contributed by atoms with E-state index in [9.17, 15) is 28.1 Å². The molecule has 2 aromatic rings. The Labute approximate surface area is 194 Å². The van der Waals surface area contributed by atoms with Gasteiger partial charge in [0.1, 0.15) is 0 Å². The van der Waals surface area contributed by atoms with E-state index >= 15 is 0 Å². The van der Waals surface area contributed by atoms with Crippen molar-refractivity contribution in [3.05, 3.63) is 57.6 Å². The Hall–Kier alpha value is -3.42. The SMILES string of the molecule is O=C1CN(c2ccc(NC(=O)NCCNS(=O)(=O)c3cccc([N+](=O)[O-])c3)cc2Cl)CCN1. The summed E-state index contributed by atoms with van der Waals surface area (Å²) >= 11 is 6.30. The van der Waals surface area contributed by atoms with Crippen LogP contribution < -0.4 is 25.6 Å². The lowest BCUT2D eigenvalue weighted by atomic mass is 10.2. The number of benzene rings is 2. The van der Waals surface area contributed by atoms with E-state index in [-0.39, 0.29) is 36.1 Å². The van der Waals surface area contributed by atoms with E-state index in [0.29, 0.717) is 29.5 Å². The fraction of sp³-hybridized carbons (Fsp3) is 0.263. The Balaban J connectivity index is 1.48. The van der Waals surface area contributed by atoms with Crippen molar-refractivity contribution in [2.45, 2.75) is 4.90 Å². The van der Waals surface area contributed by atoms with Crippen LogP contribution in [0.4, 0.5) is 21.9 Å². The predicted octanol–water partition coefficient (Wildman–Crippen LogP) is 1.28. The minimum Gasteiger partial charge on any atom is -0.359 e. The van der Waals surface area contributed by atoms with E-state index in [2.05, 4.69) is 20.7 Å². The van der Waals surface area contributed by atoms with Crippen molar-refractivity contribution in [2.75, 3.05) is 42.9 Å². The highest BCUT2D eigenvalue weighted by molar-refractivity contribution is 7.89. The molecule has 0 atom stereocenters. The number of carbonyl (C=O) groups excluding carboxylic acids is 2. The maximum atomic E-state index is 12.3. The van der Waals surface area contributed by atoms with Crippen molar-refractivity contribution in [2.24, 2.45) is 0 Å². The van der Waals surface area contributed by atoms with Gasteiger partial charge in [0.05, 0.1) is 27.1 Å². The van der Waals surface area contributed by atoms with Crippen LogP contribution >= 0.6 is 11.6 Å². The second kappa shape index (κ2) is 10.5. The molecule has 3 rings (SSSR count). The van der Waals surface area contributed by atoms with Gasteiger partial charge in [-0.1, -0.05) is 17.7 Å². The lowest BCUT2D eigenvalue weighted by molar-refractivity contribution is -0.385. The van der Waals surface area contributed by atoms with Gasteiger partial charge < -0.3 is 20.9 Å². The van der Waals surface area contributed by atoms with Gasteiger partial charge in [0.15, 0.2) is 0 Å². The Morgan fingerprint density at radius 2 is 2.00 bits per heavy atom. The van der Waals surface area contributed by atoms with Crippen LogP contribution in [0.2, 0.25) is 5.02 Å². The van der Waals surface area contributed by atoms with E-state index in [4.69, 9.17) is 11.6 Å². The van der Waals surface area contributed by atoms with Crippen molar-refractivity contribution in [3.8, 4) is 0 Å². The van der Waals surface area contributed by atoms with Crippen LogP contribution in [-0.2, 0) is 14.8 Å². The molecular formula is C19H21ClN6O6S. The zero-order chi connectivity index (χ0) is 24.0. The number of non-ortho nitro benzene ring substituents is 1. The highest BCUT2D eigenvalue weighted by Gasteiger charge is 2.19. The van der Waals surface area contributed by atoms with E-state index in [0.717, 1.165) is 6.07 Å². The summed E-state index contributed by atoms with van der Waals surface area (Å²) in [5.74, 6) is -0.0972. The third-order valence-electron chi connectivity index (χ3n) is 4.63. The quantitative estimate of drug-likeness (QED) is 0.243. The van der Waals surface area contributed by atoms with E-state index in [1.807, 2.05) is 4.90 Å². The normalized spacial score (nSPS) is 13.8. The van der Waals surface area contributed by atoms with E-state index in [1.54, 1.807) is 18.2 Å². The molecule has 1 heterocycles. The largest absolute Gasteiger partial charge is 0.359 e. The molecule has 0 aromatic heterocycles. The number of nitro benzene ring substituents is 1. The van der Waals surface area contributed by atoms with Gasteiger partial charge in [0, 0.05) is 44.0 Å². The zero-order valence-electron chi connectivity index (χ0n) is 17.2. The van der Waals surface area contributed by atoms with Crippen molar-refractivity contribution in [1.82, 2.24) is 15.4 Å². The summed E-state index contributed by atoms with van der Waals surface area (Å²) < 4.78 is 26.8. The molecule has 1 aliphatic heterocycles. The minimum atomic E-state index is -3.97. The third-order valence-corrected chi connectivity index (χ3v) is 6.39. The average molecular weight is 497 g/mol. The molecule has 2 aromatic carbocycles. The van der Waals surface area contributed by atoms with Crippen LogP contribution in [0.5, 0.6) is 0 Å². The molecule has 0 bridgehead atoms. The number of sulfonamides is 1. The topological polar surface area (TPSA) is 163 Å². The van der Waals surface area contributed by atoms with Gasteiger partial charge in [-0.3, -0.25) is 14.9 Å². The van der Waals surface area contributed by atoms with E-state index < -0.39 is 21.0 Å². The summed E-state index contributed by atoms with van der Waals surface area (Å²) in [5, 5.41) is 19.0.